The van der Waals surface area contributed by atoms with Crippen molar-refractivity contribution in [2.24, 2.45) is 5.92 Å². The number of carbonyl (C=O) groups is 2. The smallest absolute Gasteiger partial charge is 0.324 e. The molecule has 0 bridgehead atoms. The summed E-state index contributed by atoms with van der Waals surface area (Å²) in [5.74, 6) is 0.173. The lowest BCUT2D eigenvalue weighted by Crippen LogP contribution is -2.49. The SMILES string of the molecule is Cc1ccc(C)c(CN2CCCN(c3ccc(C)cc3NC(=O)C3CCCC3)C2=O)c1. The molecule has 5 heteroatoms. The number of nitrogens with one attached hydrogen (secondary N) is 1. The van der Waals surface area contributed by atoms with Crippen LogP contribution in [0.2, 0.25) is 0 Å². The van der Waals surface area contributed by atoms with Crippen molar-refractivity contribution in [2.75, 3.05) is 23.3 Å². The molecule has 2 aromatic carbocycles. The molecule has 31 heavy (non-hydrogen) atoms. The molecule has 2 fully saturated rings. The van der Waals surface area contributed by atoms with E-state index in [-0.39, 0.29) is 17.9 Å². The van der Waals surface area contributed by atoms with Crippen LogP contribution >= 0.6 is 0 Å². The van der Waals surface area contributed by atoms with Crippen molar-refractivity contribution in [3.8, 4) is 0 Å². The number of benzene rings is 2. The molecule has 1 heterocycles. The predicted molar refractivity (Wildman–Crippen MR) is 125 cm³/mol. The third kappa shape index (κ3) is 4.76. The lowest BCUT2D eigenvalue weighted by molar-refractivity contribution is -0.119. The highest BCUT2D eigenvalue weighted by molar-refractivity contribution is 6.01. The minimum Gasteiger partial charge on any atom is -0.324 e. The molecule has 4 rings (SSSR count). The Kier molecular flexibility index (Phi) is 6.30. The summed E-state index contributed by atoms with van der Waals surface area (Å²) in [4.78, 5) is 30.0. The van der Waals surface area contributed by atoms with Gasteiger partial charge in [-0.1, -0.05) is 42.7 Å². The van der Waals surface area contributed by atoms with Crippen LogP contribution in [-0.4, -0.2) is 29.9 Å². The first kappa shape index (κ1) is 21.4. The average molecular weight is 420 g/mol. The van der Waals surface area contributed by atoms with E-state index in [1.54, 1.807) is 0 Å². The zero-order valence-electron chi connectivity index (χ0n) is 18.9. The number of urea groups is 1. The number of anilines is 2. The predicted octanol–water partition coefficient (Wildman–Crippen LogP) is 5.57. The fraction of sp³-hybridized carbons (Fsp3) is 0.462. The molecule has 1 aliphatic heterocycles. The third-order valence-corrected chi connectivity index (χ3v) is 6.60. The molecule has 0 aromatic heterocycles. The van der Waals surface area contributed by atoms with E-state index >= 15 is 0 Å². The summed E-state index contributed by atoms with van der Waals surface area (Å²) in [6.07, 6.45) is 5.06. The van der Waals surface area contributed by atoms with Crippen LogP contribution in [-0.2, 0) is 11.3 Å². The molecule has 1 aliphatic carbocycles. The zero-order valence-corrected chi connectivity index (χ0v) is 18.9. The molecular formula is C26H33N3O2. The van der Waals surface area contributed by atoms with Gasteiger partial charge in [0.05, 0.1) is 11.4 Å². The summed E-state index contributed by atoms with van der Waals surface area (Å²) in [6, 6.07) is 12.4. The maximum Gasteiger partial charge on any atom is 0.324 e. The van der Waals surface area contributed by atoms with Crippen LogP contribution in [0.4, 0.5) is 16.2 Å². The minimum absolute atomic E-state index is 0.00683. The molecular weight excluding hydrogens is 386 g/mol. The number of rotatable bonds is 5. The Morgan fingerprint density at radius 3 is 2.45 bits per heavy atom. The first-order valence-electron chi connectivity index (χ1n) is 11.5. The van der Waals surface area contributed by atoms with Crippen molar-refractivity contribution in [1.82, 2.24) is 4.90 Å². The largest absolute Gasteiger partial charge is 0.324 e. The van der Waals surface area contributed by atoms with Crippen molar-refractivity contribution in [2.45, 2.75) is 59.4 Å². The van der Waals surface area contributed by atoms with Crippen LogP contribution in [0.25, 0.3) is 0 Å². The van der Waals surface area contributed by atoms with Gasteiger partial charge in [-0.05, 0) is 68.9 Å². The number of aryl methyl sites for hydroxylation is 3. The van der Waals surface area contributed by atoms with E-state index in [9.17, 15) is 9.59 Å². The monoisotopic (exact) mass is 419 g/mol. The van der Waals surface area contributed by atoms with E-state index in [2.05, 4.69) is 37.4 Å². The molecule has 0 atom stereocenters. The summed E-state index contributed by atoms with van der Waals surface area (Å²) in [7, 11) is 0. The normalized spacial score (nSPS) is 17.3. The topological polar surface area (TPSA) is 52.6 Å². The Morgan fingerprint density at radius 1 is 0.968 bits per heavy atom. The molecule has 0 spiro atoms. The Hall–Kier alpha value is -2.82. The third-order valence-electron chi connectivity index (χ3n) is 6.60. The standard InChI is InChI=1S/C26H33N3O2/c1-18-9-11-20(3)22(15-18)17-28-13-6-14-29(26(28)31)24-12-10-19(2)16-23(24)27-25(30)21-7-4-5-8-21/h9-12,15-16,21H,4-8,13-14,17H2,1-3H3,(H,27,30). The Morgan fingerprint density at radius 2 is 1.68 bits per heavy atom. The molecule has 1 saturated carbocycles. The lowest BCUT2D eigenvalue weighted by atomic mass is 10.0. The van der Waals surface area contributed by atoms with Gasteiger partial charge < -0.3 is 10.2 Å². The number of carbonyl (C=O) groups excluding carboxylic acids is 2. The molecule has 2 aromatic rings. The van der Waals surface area contributed by atoms with E-state index < -0.39 is 0 Å². The number of hydrogen-bond donors (Lipinski definition) is 1. The number of nitrogens with zero attached hydrogens (tertiary/aromatic N) is 2. The molecule has 1 saturated heterocycles. The van der Waals surface area contributed by atoms with Crippen molar-refractivity contribution in [1.29, 1.82) is 0 Å². The van der Waals surface area contributed by atoms with Crippen LogP contribution < -0.4 is 10.2 Å². The highest BCUT2D eigenvalue weighted by Crippen LogP contribution is 2.32. The van der Waals surface area contributed by atoms with Crippen molar-refractivity contribution in [3.63, 3.8) is 0 Å². The van der Waals surface area contributed by atoms with Gasteiger partial charge in [-0.25, -0.2) is 4.79 Å². The first-order chi connectivity index (χ1) is 14.9. The van der Waals surface area contributed by atoms with Gasteiger partial charge in [0.25, 0.3) is 0 Å². The summed E-state index contributed by atoms with van der Waals surface area (Å²) < 4.78 is 0. The molecule has 5 nitrogen and oxygen atoms in total. The fourth-order valence-electron chi connectivity index (χ4n) is 4.74. The summed E-state index contributed by atoms with van der Waals surface area (Å²) >= 11 is 0. The second-order valence-electron chi connectivity index (χ2n) is 9.13. The quantitative estimate of drug-likeness (QED) is 0.688. The Balaban J connectivity index is 1.56. The van der Waals surface area contributed by atoms with E-state index in [4.69, 9.17) is 0 Å². The van der Waals surface area contributed by atoms with Gasteiger partial charge in [-0.2, -0.15) is 0 Å². The van der Waals surface area contributed by atoms with E-state index in [0.717, 1.165) is 55.6 Å². The summed E-state index contributed by atoms with van der Waals surface area (Å²) in [6.45, 7) is 8.21. The van der Waals surface area contributed by atoms with Gasteiger partial charge in [0.2, 0.25) is 5.91 Å². The first-order valence-corrected chi connectivity index (χ1v) is 11.5. The van der Waals surface area contributed by atoms with Gasteiger partial charge in [-0.15, -0.1) is 0 Å². The second kappa shape index (κ2) is 9.13. The molecule has 1 N–H and O–H groups in total. The van der Waals surface area contributed by atoms with Gasteiger partial charge in [0.15, 0.2) is 0 Å². The van der Waals surface area contributed by atoms with Crippen LogP contribution in [0.15, 0.2) is 36.4 Å². The van der Waals surface area contributed by atoms with Crippen LogP contribution in [0.5, 0.6) is 0 Å². The zero-order chi connectivity index (χ0) is 22.0. The van der Waals surface area contributed by atoms with Gasteiger partial charge in [0.1, 0.15) is 0 Å². The molecule has 164 valence electrons. The van der Waals surface area contributed by atoms with Crippen molar-refractivity contribution >= 4 is 23.3 Å². The number of amides is 3. The molecule has 0 radical (unpaired) electrons. The van der Waals surface area contributed by atoms with Crippen molar-refractivity contribution < 1.29 is 9.59 Å². The van der Waals surface area contributed by atoms with Crippen LogP contribution in [0.3, 0.4) is 0 Å². The fourth-order valence-corrected chi connectivity index (χ4v) is 4.74. The number of hydrogen-bond acceptors (Lipinski definition) is 2. The summed E-state index contributed by atoms with van der Waals surface area (Å²) in [5.41, 5.74) is 6.22. The molecule has 2 aliphatic rings. The maximum atomic E-state index is 13.4. The second-order valence-corrected chi connectivity index (χ2v) is 9.13. The van der Waals surface area contributed by atoms with E-state index in [1.807, 2.05) is 34.9 Å². The minimum atomic E-state index is 0.00683. The maximum absolute atomic E-state index is 13.4. The highest BCUT2D eigenvalue weighted by Gasteiger charge is 2.30. The highest BCUT2D eigenvalue weighted by atomic mass is 16.2. The van der Waals surface area contributed by atoms with Crippen LogP contribution in [0, 0.1) is 26.7 Å². The summed E-state index contributed by atoms with van der Waals surface area (Å²) in [5, 5.41) is 3.14. The molecule has 3 amide bonds. The van der Waals surface area contributed by atoms with Gasteiger partial charge >= 0.3 is 6.03 Å². The Bertz CT molecular complexity index is 979. The molecule has 0 unspecified atom stereocenters. The van der Waals surface area contributed by atoms with Gasteiger partial charge in [-0.3, -0.25) is 9.69 Å². The Labute approximate surface area is 185 Å². The van der Waals surface area contributed by atoms with Crippen molar-refractivity contribution in [3.05, 3.63) is 58.7 Å². The van der Waals surface area contributed by atoms with E-state index in [0.29, 0.717) is 13.1 Å². The van der Waals surface area contributed by atoms with Gasteiger partial charge in [0, 0.05) is 25.6 Å². The van der Waals surface area contributed by atoms with Crippen LogP contribution in [0.1, 0.15) is 54.4 Å². The average Bonchev–Trinajstić information content (AvgIpc) is 3.28. The van der Waals surface area contributed by atoms with E-state index in [1.165, 1.54) is 16.7 Å². The lowest BCUT2D eigenvalue weighted by Gasteiger charge is -2.37.